The zero-order valence-electron chi connectivity index (χ0n) is 37.2. The van der Waals surface area contributed by atoms with Crippen LogP contribution >= 0.6 is 0 Å². The van der Waals surface area contributed by atoms with E-state index in [1.807, 2.05) is 30.5 Å². The molecule has 1 unspecified atom stereocenters. The van der Waals surface area contributed by atoms with Crippen molar-refractivity contribution in [3.8, 4) is 5.88 Å². The van der Waals surface area contributed by atoms with E-state index in [9.17, 15) is 14.4 Å². The molecule has 1 amide bonds. The van der Waals surface area contributed by atoms with E-state index in [0.29, 0.717) is 23.8 Å². The topological polar surface area (TPSA) is 171 Å². The Kier molecular flexibility index (Phi) is 17.5. The Bertz CT molecular complexity index is 2250. The number of aliphatic hydroxyl groups excluding tert-OH is 1. The Morgan fingerprint density at radius 2 is 1.74 bits per heavy atom. The summed E-state index contributed by atoms with van der Waals surface area (Å²) in [5.41, 5.74) is 5.74. The molecule has 1 aromatic carbocycles. The van der Waals surface area contributed by atoms with Crippen LogP contribution in [0.5, 0.6) is 5.88 Å². The van der Waals surface area contributed by atoms with Crippen LogP contribution in [0.1, 0.15) is 119 Å². The van der Waals surface area contributed by atoms with Gasteiger partial charge >= 0.3 is 5.69 Å². The van der Waals surface area contributed by atoms with E-state index in [-0.39, 0.29) is 24.4 Å². The predicted octanol–water partition coefficient (Wildman–Crippen LogP) is 7.00. The maximum Gasteiger partial charge on any atom is 0.329 e. The predicted molar refractivity (Wildman–Crippen MR) is 243 cm³/mol. The number of anilines is 2. The third-order valence-corrected chi connectivity index (χ3v) is 12.7. The second-order valence-electron chi connectivity index (χ2n) is 16.6. The number of hydrogen-bond donors (Lipinski definition) is 3. The Hall–Kier alpha value is -5.12. The van der Waals surface area contributed by atoms with Gasteiger partial charge in [-0.25, -0.2) is 14.8 Å². The second-order valence-corrected chi connectivity index (χ2v) is 16.6. The zero-order chi connectivity index (χ0) is 43.8. The van der Waals surface area contributed by atoms with Crippen LogP contribution < -0.4 is 21.1 Å². The standard InChI is InChI=1S/C46H63N9O5.CH4O/c1-47-42(57)18-16-37(32-56)55-40-17-15-33(28-41(40)52(2)46(55)58)12-6-5-10-26-60-27-11-9-23-53-24-20-34(21-25-53)39-31-54(36-13-7-4-8-14-36)44-38(39)30-49-45(51-44)50-35-19-22-48-43(29-35)59-3;1-2/h15,17,19,22,28-32,34,36-37H,4-14,16,18,20-21,23-27H2,1-3H3,(H,47,57)(H,48,49,50,51);2H,1H3. The number of fused-ring (bicyclic) bond motifs is 2. The first kappa shape index (κ1) is 46.4. The van der Waals surface area contributed by atoms with Crippen molar-refractivity contribution in [3.63, 3.8) is 0 Å². The molecule has 7 rings (SSSR count). The largest absolute Gasteiger partial charge is 0.481 e. The van der Waals surface area contributed by atoms with Crippen LogP contribution in [0.3, 0.4) is 0 Å². The number of aromatic nitrogens is 6. The van der Waals surface area contributed by atoms with Crippen LogP contribution in [0.25, 0.3) is 22.1 Å². The second kappa shape index (κ2) is 23.4. The molecule has 0 spiro atoms. The molecular weight excluding hydrogens is 787 g/mol. The SMILES string of the molecule is CNC(=O)CCC(C=O)n1c(=O)n(C)c2cc(CCCCCOCCCCN3CCC(c4cn(C5CCCCC5)c5nc(Nc6ccnc(OC)c6)ncc45)CC3)ccc21.CO. The molecule has 1 atom stereocenters. The number of unbranched alkanes of at least 4 members (excludes halogenated alkanes) is 3. The summed E-state index contributed by atoms with van der Waals surface area (Å²) < 4.78 is 16.9. The van der Waals surface area contributed by atoms with E-state index < -0.39 is 6.04 Å². The van der Waals surface area contributed by atoms with E-state index in [1.165, 1.54) is 53.2 Å². The fourth-order valence-corrected chi connectivity index (χ4v) is 9.17. The Balaban J connectivity index is 0.00000316. The number of benzene rings is 1. The lowest BCUT2D eigenvalue weighted by Crippen LogP contribution is -2.33. The first-order chi connectivity index (χ1) is 30.4. The van der Waals surface area contributed by atoms with Crippen LogP contribution in [0.4, 0.5) is 11.6 Å². The van der Waals surface area contributed by atoms with Gasteiger partial charge in [-0.2, -0.15) is 4.98 Å². The lowest BCUT2D eigenvalue weighted by Gasteiger charge is -2.32. The number of piperidine rings is 1. The summed E-state index contributed by atoms with van der Waals surface area (Å²) in [5, 5.41) is 14.1. The number of nitrogens with zero attached hydrogens (tertiary/aromatic N) is 7. The summed E-state index contributed by atoms with van der Waals surface area (Å²) in [5.74, 6) is 1.50. The third-order valence-electron chi connectivity index (χ3n) is 12.7. The summed E-state index contributed by atoms with van der Waals surface area (Å²) in [6.45, 7) is 4.91. The summed E-state index contributed by atoms with van der Waals surface area (Å²) in [6, 6.07) is 9.58. The molecule has 15 heteroatoms. The molecule has 1 saturated carbocycles. The van der Waals surface area contributed by atoms with E-state index in [2.05, 4.69) is 37.3 Å². The number of carbonyl (C=O) groups excluding carboxylic acids is 2. The van der Waals surface area contributed by atoms with Crippen LogP contribution in [0, 0.1) is 0 Å². The lowest BCUT2D eigenvalue weighted by molar-refractivity contribution is -0.121. The fraction of sp³-hybridized carbons (Fsp3) is 0.574. The smallest absolute Gasteiger partial charge is 0.329 e. The molecule has 1 saturated heterocycles. The molecule has 4 aromatic heterocycles. The minimum Gasteiger partial charge on any atom is -0.481 e. The highest BCUT2D eigenvalue weighted by molar-refractivity contribution is 5.82. The van der Waals surface area contributed by atoms with Gasteiger partial charge in [-0.1, -0.05) is 31.7 Å². The number of pyridine rings is 1. The Morgan fingerprint density at radius 3 is 2.48 bits per heavy atom. The summed E-state index contributed by atoms with van der Waals surface area (Å²) in [4.78, 5) is 53.4. The van der Waals surface area contributed by atoms with Crippen molar-refractivity contribution in [2.24, 2.45) is 7.05 Å². The van der Waals surface area contributed by atoms with Gasteiger partial charge in [-0.3, -0.25) is 13.9 Å². The fourth-order valence-electron chi connectivity index (χ4n) is 9.17. The lowest BCUT2D eigenvalue weighted by atomic mass is 9.89. The molecule has 2 fully saturated rings. The van der Waals surface area contributed by atoms with Crippen molar-refractivity contribution in [2.45, 2.75) is 114 Å². The molecule has 0 bridgehead atoms. The van der Waals surface area contributed by atoms with E-state index >= 15 is 0 Å². The quantitative estimate of drug-likeness (QED) is 0.0513. The summed E-state index contributed by atoms with van der Waals surface area (Å²) in [6.07, 6.45) is 22.2. The number of methoxy groups -OCH3 is 1. The molecule has 62 heavy (non-hydrogen) atoms. The highest BCUT2D eigenvalue weighted by Gasteiger charge is 2.27. The molecule has 3 N–H and O–H groups in total. The third kappa shape index (κ3) is 11.7. The van der Waals surface area contributed by atoms with Crippen molar-refractivity contribution in [2.75, 3.05) is 59.4 Å². The number of nitrogens with one attached hydrogen (secondary N) is 2. The molecule has 1 aliphatic carbocycles. The van der Waals surface area contributed by atoms with Crippen molar-refractivity contribution in [1.82, 2.24) is 38.9 Å². The van der Waals surface area contributed by atoms with Crippen molar-refractivity contribution in [3.05, 3.63) is 70.5 Å². The number of rotatable bonds is 21. The summed E-state index contributed by atoms with van der Waals surface area (Å²) in [7, 11) is 5.92. The van der Waals surface area contributed by atoms with Crippen LogP contribution in [0.2, 0.25) is 0 Å². The number of amides is 1. The van der Waals surface area contributed by atoms with Gasteiger partial charge in [0.2, 0.25) is 17.7 Å². The van der Waals surface area contributed by atoms with Crippen molar-refractivity contribution in [1.29, 1.82) is 0 Å². The number of likely N-dealkylation sites (tertiary alicyclic amines) is 1. The zero-order valence-corrected chi connectivity index (χ0v) is 37.2. The van der Waals surface area contributed by atoms with Gasteiger partial charge < -0.3 is 39.5 Å². The van der Waals surface area contributed by atoms with Crippen LogP contribution in [0.15, 0.2) is 53.7 Å². The van der Waals surface area contributed by atoms with Gasteiger partial charge in [0.05, 0.1) is 24.2 Å². The van der Waals surface area contributed by atoms with Crippen molar-refractivity contribution >= 4 is 45.9 Å². The highest BCUT2D eigenvalue weighted by atomic mass is 16.5. The van der Waals surface area contributed by atoms with Gasteiger partial charge in [0.15, 0.2) is 0 Å². The van der Waals surface area contributed by atoms with E-state index in [1.54, 1.807) is 32.0 Å². The van der Waals surface area contributed by atoms with Crippen molar-refractivity contribution < 1.29 is 24.2 Å². The Morgan fingerprint density at radius 1 is 0.968 bits per heavy atom. The molecule has 336 valence electrons. The molecule has 15 nitrogen and oxygen atoms in total. The first-order valence-corrected chi connectivity index (χ1v) is 22.6. The first-order valence-electron chi connectivity index (χ1n) is 22.6. The van der Waals surface area contributed by atoms with Gasteiger partial charge in [0, 0.05) is 82.6 Å². The molecule has 5 heterocycles. The van der Waals surface area contributed by atoms with Crippen LogP contribution in [-0.4, -0.2) is 105 Å². The van der Waals surface area contributed by atoms with E-state index in [4.69, 9.17) is 24.5 Å². The van der Waals surface area contributed by atoms with Gasteiger partial charge in [0.1, 0.15) is 11.9 Å². The number of imidazole rings is 1. The van der Waals surface area contributed by atoms with Gasteiger partial charge in [-0.15, -0.1) is 0 Å². The van der Waals surface area contributed by atoms with Crippen LogP contribution in [-0.2, 0) is 27.8 Å². The number of carbonyl (C=O) groups is 2. The molecular formula is C47H67N9O6. The van der Waals surface area contributed by atoms with Gasteiger partial charge in [0.25, 0.3) is 0 Å². The minimum atomic E-state index is -0.681. The molecule has 5 aromatic rings. The number of ether oxygens (including phenoxy) is 2. The summed E-state index contributed by atoms with van der Waals surface area (Å²) >= 11 is 0. The number of hydrogen-bond acceptors (Lipinski definition) is 11. The Labute approximate surface area is 365 Å². The average molecular weight is 854 g/mol. The molecule has 0 radical (unpaired) electrons. The average Bonchev–Trinajstić information content (AvgIpc) is 3.81. The molecule has 2 aliphatic rings. The minimum absolute atomic E-state index is 0.151. The number of aryl methyl sites for hydroxylation is 2. The molecule has 1 aliphatic heterocycles. The highest BCUT2D eigenvalue weighted by Crippen LogP contribution is 2.38. The maximum absolute atomic E-state index is 13.1. The number of aliphatic hydroxyl groups is 1. The van der Waals surface area contributed by atoms with E-state index in [0.717, 1.165) is 120 Å². The van der Waals surface area contributed by atoms with Gasteiger partial charge in [-0.05, 0) is 119 Å². The number of aldehydes is 1. The maximum atomic E-state index is 13.1. The normalized spacial score (nSPS) is 15.6. The monoisotopic (exact) mass is 854 g/mol.